The maximum Gasteiger partial charge on any atom is 0.231 e. The van der Waals surface area contributed by atoms with Crippen molar-refractivity contribution in [1.29, 1.82) is 0 Å². The van der Waals surface area contributed by atoms with Crippen LogP contribution in [0, 0.1) is 0 Å². The average Bonchev–Trinajstić information content (AvgIpc) is 3.35. The molecule has 3 heterocycles. The van der Waals surface area contributed by atoms with Gasteiger partial charge in [0.05, 0.1) is 6.04 Å². The Morgan fingerprint density at radius 3 is 2.72 bits per heavy atom. The molecular formula is C23H24N2O4. The van der Waals surface area contributed by atoms with Crippen molar-refractivity contribution < 1.29 is 19.1 Å². The summed E-state index contributed by atoms with van der Waals surface area (Å²) >= 11 is 0. The molecule has 0 bridgehead atoms. The molecule has 6 heteroatoms. The summed E-state index contributed by atoms with van der Waals surface area (Å²) in [7, 11) is 0. The largest absolute Gasteiger partial charge is 0.508 e. The minimum absolute atomic E-state index is 0.220. The van der Waals surface area contributed by atoms with Gasteiger partial charge in [-0.2, -0.15) is 0 Å². The van der Waals surface area contributed by atoms with Gasteiger partial charge in [0, 0.05) is 18.2 Å². The highest BCUT2D eigenvalue weighted by Crippen LogP contribution is 2.38. The van der Waals surface area contributed by atoms with Crippen molar-refractivity contribution in [3.63, 3.8) is 0 Å². The number of hydrogen-bond acceptors (Lipinski definition) is 6. The molecule has 6 nitrogen and oxygen atoms in total. The first kappa shape index (κ1) is 18.1. The highest BCUT2D eigenvalue weighted by Gasteiger charge is 2.26. The lowest BCUT2D eigenvalue weighted by atomic mass is 10.0. The quantitative estimate of drug-likeness (QED) is 0.682. The van der Waals surface area contributed by atoms with Crippen molar-refractivity contribution in [2.24, 2.45) is 0 Å². The maximum atomic E-state index is 9.55. The molecule has 3 aromatic rings. The van der Waals surface area contributed by atoms with E-state index < -0.39 is 0 Å². The van der Waals surface area contributed by atoms with Gasteiger partial charge in [-0.05, 0) is 55.3 Å². The number of phenols is 1. The predicted octanol–water partition coefficient (Wildman–Crippen LogP) is 4.89. The number of ether oxygens (including phenoxy) is 2. The number of benzene rings is 2. The van der Waals surface area contributed by atoms with Crippen LogP contribution in [0.3, 0.4) is 0 Å². The predicted molar refractivity (Wildman–Crippen MR) is 108 cm³/mol. The smallest absolute Gasteiger partial charge is 0.231 e. The van der Waals surface area contributed by atoms with Crippen LogP contribution in [0.1, 0.15) is 43.0 Å². The number of hydrogen-bond donors (Lipinski definition) is 1. The van der Waals surface area contributed by atoms with E-state index in [1.54, 1.807) is 12.1 Å². The van der Waals surface area contributed by atoms with Crippen molar-refractivity contribution >= 4 is 0 Å². The molecule has 0 saturated carbocycles. The fourth-order valence-electron chi connectivity index (χ4n) is 4.16. The van der Waals surface area contributed by atoms with Crippen LogP contribution >= 0.6 is 0 Å². The van der Waals surface area contributed by atoms with Gasteiger partial charge in [0.2, 0.25) is 6.79 Å². The molecular weight excluding hydrogens is 368 g/mol. The Hall–Kier alpha value is -2.99. The highest BCUT2D eigenvalue weighted by atomic mass is 16.7. The minimum atomic E-state index is 0.220. The lowest BCUT2D eigenvalue weighted by Crippen LogP contribution is -2.28. The molecule has 0 aliphatic carbocycles. The van der Waals surface area contributed by atoms with E-state index in [4.69, 9.17) is 14.0 Å². The normalized spacial score (nSPS) is 19.2. The Kier molecular flexibility index (Phi) is 4.86. The van der Waals surface area contributed by atoms with E-state index in [9.17, 15) is 5.11 Å². The topological polar surface area (TPSA) is 68.0 Å². The van der Waals surface area contributed by atoms with Crippen LogP contribution in [0.4, 0.5) is 0 Å². The van der Waals surface area contributed by atoms with Gasteiger partial charge < -0.3 is 19.1 Å². The molecule has 1 unspecified atom stereocenters. The van der Waals surface area contributed by atoms with Crippen molar-refractivity contribution in [3.05, 3.63) is 59.8 Å². The van der Waals surface area contributed by atoms with Gasteiger partial charge in [0.1, 0.15) is 11.4 Å². The monoisotopic (exact) mass is 392 g/mol. The minimum Gasteiger partial charge on any atom is -0.508 e. The van der Waals surface area contributed by atoms with Crippen LogP contribution in [0.25, 0.3) is 11.3 Å². The van der Waals surface area contributed by atoms with E-state index in [0.717, 1.165) is 48.0 Å². The Labute approximate surface area is 169 Å². The van der Waals surface area contributed by atoms with Crippen LogP contribution in [0.5, 0.6) is 17.2 Å². The fraction of sp³-hybridized carbons (Fsp3) is 0.348. The molecule has 0 spiro atoms. The molecule has 5 rings (SSSR count). The van der Waals surface area contributed by atoms with Gasteiger partial charge in [0.25, 0.3) is 0 Å². The second-order valence-corrected chi connectivity index (χ2v) is 7.69. The first-order valence-corrected chi connectivity index (χ1v) is 10.1. The zero-order chi connectivity index (χ0) is 19.6. The Balaban J connectivity index is 1.39. The summed E-state index contributed by atoms with van der Waals surface area (Å²) in [5, 5.41) is 14.0. The van der Waals surface area contributed by atoms with Gasteiger partial charge in [-0.25, -0.2) is 0 Å². The molecule has 29 heavy (non-hydrogen) atoms. The number of likely N-dealkylation sites (tertiary alicyclic amines) is 1. The lowest BCUT2D eigenvalue weighted by Gasteiger charge is -2.28. The van der Waals surface area contributed by atoms with E-state index in [1.165, 1.54) is 24.8 Å². The molecule has 2 aliphatic rings. The molecule has 0 radical (unpaired) electrons. The second-order valence-electron chi connectivity index (χ2n) is 7.69. The molecule has 2 aliphatic heterocycles. The average molecular weight is 392 g/mol. The zero-order valence-corrected chi connectivity index (χ0v) is 16.2. The van der Waals surface area contributed by atoms with Gasteiger partial charge in [-0.15, -0.1) is 0 Å². The fourth-order valence-corrected chi connectivity index (χ4v) is 4.16. The Morgan fingerprint density at radius 1 is 0.966 bits per heavy atom. The zero-order valence-electron chi connectivity index (χ0n) is 16.2. The van der Waals surface area contributed by atoms with Crippen LogP contribution in [0.2, 0.25) is 0 Å². The van der Waals surface area contributed by atoms with Crippen LogP contribution < -0.4 is 9.47 Å². The van der Waals surface area contributed by atoms with Crippen molar-refractivity contribution in [2.45, 2.75) is 38.3 Å². The highest BCUT2D eigenvalue weighted by molar-refractivity contribution is 5.63. The third-order valence-electron chi connectivity index (χ3n) is 5.71. The van der Waals surface area contributed by atoms with E-state index in [2.05, 4.69) is 16.1 Å². The van der Waals surface area contributed by atoms with Crippen LogP contribution in [0.15, 0.2) is 53.1 Å². The standard InChI is InChI=1S/C23H24N2O4/c26-18-8-5-16(6-9-18)14-25-11-3-1-2-4-20(25)19-13-22(29-24-19)17-7-10-21-23(12-17)28-15-27-21/h5-10,12-13,20,26H,1-4,11,14-15H2. The number of aromatic hydroxyl groups is 1. The number of fused-ring (bicyclic) bond motifs is 1. The molecule has 0 amide bonds. The molecule has 2 aromatic carbocycles. The Morgan fingerprint density at radius 2 is 1.83 bits per heavy atom. The lowest BCUT2D eigenvalue weighted by molar-refractivity contribution is 0.174. The number of aromatic nitrogens is 1. The number of nitrogens with zero attached hydrogens (tertiary/aromatic N) is 2. The summed E-state index contributed by atoms with van der Waals surface area (Å²) in [5.74, 6) is 2.54. The van der Waals surface area contributed by atoms with Crippen LogP contribution in [-0.2, 0) is 6.54 Å². The van der Waals surface area contributed by atoms with E-state index in [-0.39, 0.29) is 12.8 Å². The Bertz CT molecular complexity index is 983. The summed E-state index contributed by atoms with van der Waals surface area (Å²) < 4.78 is 16.6. The first-order chi connectivity index (χ1) is 14.3. The van der Waals surface area contributed by atoms with Gasteiger partial charge in [0.15, 0.2) is 17.3 Å². The third-order valence-corrected chi connectivity index (χ3v) is 5.71. The SMILES string of the molecule is Oc1ccc(CN2CCCCCC2c2cc(-c3ccc4c(c3)OCO4)on2)cc1. The summed E-state index contributed by atoms with van der Waals surface area (Å²) in [6, 6.07) is 15.5. The molecule has 1 N–H and O–H groups in total. The third kappa shape index (κ3) is 3.80. The summed E-state index contributed by atoms with van der Waals surface area (Å²) in [5.41, 5.74) is 3.10. The summed E-state index contributed by atoms with van der Waals surface area (Å²) in [6.07, 6.45) is 4.66. The first-order valence-electron chi connectivity index (χ1n) is 10.1. The van der Waals surface area contributed by atoms with Crippen molar-refractivity contribution in [3.8, 4) is 28.6 Å². The summed E-state index contributed by atoms with van der Waals surface area (Å²) in [6.45, 7) is 2.11. The van der Waals surface area contributed by atoms with E-state index in [1.807, 2.05) is 30.3 Å². The number of phenolic OH excluding ortho intramolecular Hbond substituents is 1. The van der Waals surface area contributed by atoms with Crippen LogP contribution in [-0.4, -0.2) is 28.5 Å². The molecule has 1 aromatic heterocycles. The van der Waals surface area contributed by atoms with Gasteiger partial charge in [-0.1, -0.05) is 30.1 Å². The molecule has 1 fully saturated rings. The summed E-state index contributed by atoms with van der Waals surface area (Å²) in [4.78, 5) is 2.47. The number of rotatable bonds is 4. The maximum absolute atomic E-state index is 9.55. The second kappa shape index (κ2) is 7.79. The van der Waals surface area contributed by atoms with Gasteiger partial charge in [-0.3, -0.25) is 4.90 Å². The molecule has 1 saturated heterocycles. The van der Waals surface area contributed by atoms with Gasteiger partial charge >= 0.3 is 0 Å². The van der Waals surface area contributed by atoms with Crippen molar-refractivity contribution in [2.75, 3.05) is 13.3 Å². The molecule has 1 atom stereocenters. The molecule has 150 valence electrons. The van der Waals surface area contributed by atoms with E-state index in [0.29, 0.717) is 5.75 Å². The van der Waals surface area contributed by atoms with Crippen molar-refractivity contribution in [1.82, 2.24) is 10.1 Å². The van der Waals surface area contributed by atoms with E-state index >= 15 is 0 Å².